The normalized spacial score (nSPS) is 14.9. The van der Waals surface area contributed by atoms with Crippen LogP contribution >= 0.6 is 0 Å². The Labute approximate surface area is 178 Å². The second-order valence-electron chi connectivity index (χ2n) is 8.14. The molecule has 1 aliphatic rings. The van der Waals surface area contributed by atoms with Crippen LogP contribution in [0.1, 0.15) is 67.5 Å². The second-order valence-corrected chi connectivity index (χ2v) is 8.14. The maximum Gasteiger partial charge on any atom is 0.253 e. The average Bonchev–Trinajstić information content (AvgIpc) is 3.23. The lowest BCUT2D eigenvalue weighted by molar-refractivity contribution is 0.0711. The minimum absolute atomic E-state index is 0.104. The number of carbonyl (C=O) groups is 1. The van der Waals surface area contributed by atoms with Gasteiger partial charge in [-0.2, -0.15) is 0 Å². The van der Waals surface area contributed by atoms with E-state index < -0.39 is 0 Å². The Morgan fingerprint density at radius 1 is 1.07 bits per heavy atom. The minimum atomic E-state index is 0.104. The number of hydrogen-bond acceptors (Lipinski definition) is 3. The lowest BCUT2D eigenvalue weighted by Crippen LogP contribution is -2.38. The van der Waals surface area contributed by atoms with Crippen molar-refractivity contribution in [2.24, 2.45) is 0 Å². The molecule has 0 bridgehead atoms. The quantitative estimate of drug-likeness (QED) is 0.501. The van der Waals surface area contributed by atoms with Crippen LogP contribution in [0.15, 0.2) is 48.5 Å². The van der Waals surface area contributed by atoms with Crippen LogP contribution in [0, 0.1) is 0 Å². The van der Waals surface area contributed by atoms with E-state index in [2.05, 4.69) is 18.0 Å². The van der Waals surface area contributed by atoms with Crippen molar-refractivity contribution in [1.29, 1.82) is 0 Å². The van der Waals surface area contributed by atoms with Crippen LogP contribution in [0.3, 0.4) is 0 Å². The van der Waals surface area contributed by atoms with Gasteiger partial charge in [0.2, 0.25) is 0 Å². The third-order valence-electron chi connectivity index (χ3n) is 5.94. The summed E-state index contributed by atoms with van der Waals surface area (Å²) in [6.45, 7) is 4.47. The monoisotopic (exact) mass is 405 g/mol. The number of rotatable bonds is 8. The number of H-pyrrole nitrogens is 1. The van der Waals surface area contributed by atoms with E-state index in [0.29, 0.717) is 5.92 Å². The summed E-state index contributed by atoms with van der Waals surface area (Å²) >= 11 is 0. The van der Waals surface area contributed by atoms with Gasteiger partial charge in [0.05, 0.1) is 17.6 Å². The topological polar surface area (TPSA) is 58.2 Å². The number of fused-ring (bicyclic) bond motifs is 1. The SMILES string of the molecule is CCCCCCOc1ccc(C(=O)N2CCC(c3nc4ccccc4[nH]3)CC2)cc1. The molecule has 1 fully saturated rings. The highest BCUT2D eigenvalue weighted by molar-refractivity contribution is 5.94. The van der Waals surface area contributed by atoms with Gasteiger partial charge in [0.1, 0.15) is 11.6 Å². The molecule has 0 saturated carbocycles. The number of benzene rings is 2. The number of nitrogens with one attached hydrogen (secondary N) is 1. The summed E-state index contributed by atoms with van der Waals surface area (Å²) in [5.74, 6) is 2.37. The number of unbranched alkanes of at least 4 members (excludes halogenated alkanes) is 3. The Bertz CT molecular complexity index is 923. The fourth-order valence-electron chi connectivity index (χ4n) is 4.12. The van der Waals surface area contributed by atoms with Crippen molar-refractivity contribution < 1.29 is 9.53 Å². The van der Waals surface area contributed by atoms with Crippen molar-refractivity contribution in [3.8, 4) is 5.75 Å². The Hall–Kier alpha value is -2.82. The number of para-hydroxylation sites is 2. The van der Waals surface area contributed by atoms with E-state index in [9.17, 15) is 4.79 Å². The number of piperidine rings is 1. The maximum atomic E-state index is 12.9. The van der Waals surface area contributed by atoms with Crippen LogP contribution in [0.2, 0.25) is 0 Å². The number of likely N-dealkylation sites (tertiary alicyclic amines) is 1. The number of aromatic amines is 1. The van der Waals surface area contributed by atoms with Crippen LogP contribution in [0.5, 0.6) is 5.75 Å². The van der Waals surface area contributed by atoms with Crippen LogP contribution in [-0.4, -0.2) is 40.5 Å². The highest BCUT2D eigenvalue weighted by atomic mass is 16.5. The van der Waals surface area contributed by atoms with E-state index in [0.717, 1.165) is 67.1 Å². The molecule has 5 nitrogen and oxygen atoms in total. The molecule has 1 saturated heterocycles. The van der Waals surface area contributed by atoms with Crippen LogP contribution < -0.4 is 4.74 Å². The summed E-state index contributed by atoms with van der Waals surface area (Å²) in [7, 11) is 0. The third-order valence-corrected chi connectivity index (χ3v) is 5.94. The van der Waals surface area contributed by atoms with Crippen LogP contribution in [0.4, 0.5) is 0 Å². The summed E-state index contributed by atoms with van der Waals surface area (Å²) in [4.78, 5) is 23.0. The number of amides is 1. The van der Waals surface area contributed by atoms with Gasteiger partial charge in [-0.25, -0.2) is 4.98 Å². The van der Waals surface area contributed by atoms with Gasteiger partial charge in [-0.1, -0.05) is 38.3 Å². The summed E-state index contributed by atoms with van der Waals surface area (Å²) in [6, 6.07) is 15.7. The van der Waals surface area contributed by atoms with E-state index in [-0.39, 0.29) is 5.91 Å². The first-order valence-corrected chi connectivity index (χ1v) is 11.2. The molecule has 5 heteroatoms. The first-order chi connectivity index (χ1) is 14.7. The zero-order valence-corrected chi connectivity index (χ0v) is 17.8. The largest absolute Gasteiger partial charge is 0.494 e. The van der Waals surface area contributed by atoms with E-state index in [1.807, 2.05) is 47.4 Å². The second kappa shape index (κ2) is 9.79. The Morgan fingerprint density at radius 3 is 2.57 bits per heavy atom. The number of imidazole rings is 1. The van der Waals surface area contributed by atoms with Gasteiger partial charge in [-0.3, -0.25) is 4.79 Å². The highest BCUT2D eigenvalue weighted by Crippen LogP contribution is 2.28. The summed E-state index contributed by atoms with van der Waals surface area (Å²) in [5, 5.41) is 0. The molecule has 0 spiro atoms. The van der Waals surface area contributed by atoms with Gasteiger partial charge >= 0.3 is 0 Å². The Balaban J connectivity index is 1.28. The molecule has 3 aromatic rings. The first kappa shape index (κ1) is 20.5. The van der Waals surface area contributed by atoms with E-state index in [1.54, 1.807) is 0 Å². The fourth-order valence-corrected chi connectivity index (χ4v) is 4.12. The van der Waals surface area contributed by atoms with Crippen molar-refractivity contribution in [2.75, 3.05) is 19.7 Å². The molecule has 2 aromatic carbocycles. The van der Waals surface area contributed by atoms with Crippen molar-refractivity contribution >= 4 is 16.9 Å². The van der Waals surface area contributed by atoms with Gasteiger partial charge in [-0.15, -0.1) is 0 Å². The molecule has 4 rings (SSSR count). The molecule has 1 amide bonds. The molecule has 1 aromatic heterocycles. The number of carbonyl (C=O) groups excluding carboxylic acids is 1. The molecule has 0 unspecified atom stereocenters. The third kappa shape index (κ3) is 4.84. The number of ether oxygens (including phenoxy) is 1. The van der Waals surface area contributed by atoms with Gasteiger partial charge in [0, 0.05) is 24.6 Å². The molecule has 1 N–H and O–H groups in total. The molecule has 0 atom stereocenters. The minimum Gasteiger partial charge on any atom is -0.494 e. The number of aromatic nitrogens is 2. The van der Waals surface area contributed by atoms with Gasteiger partial charge in [-0.05, 0) is 55.7 Å². The predicted octanol–water partition coefficient (Wildman–Crippen LogP) is 5.54. The van der Waals surface area contributed by atoms with Gasteiger partial charge in [0.15, 0.2) is 0 Å². The maximum absolute atomic E-state index is 12.9. The lowest BCUT2D eigenvalue weighted by Gasteiger charge is -2.31. The Kier molecular flexibility index (Phi) is 6.67. The van der Waals surface area contributed by atoms with Crippen molar-refractivity contribution in [1.82, 2.24) is 14.9 Å². The molecule has 1 aliphatic heterocycles. The Morgan fingerprint density at radius 2 is 1.83 bits per heavy atom. The van der Waals surface area contributed by atoms with E-state index in [1.165, 1.54) is 19.3 Å². The van der Waals surface area contributed by atoms with Crippen molar-refractivity contribution in [3.63, 3.8) is 0 Å². The van der Waals surface area contributed by atoms with Gasteiger partial charge in [0.25, 0.3) is 5.91 Å². The molecular weight excluding hydrogens is 374 g/mol. The van der Waals surface area contributed by atoms with Crippen LogP contribution in [0.25, 0.3) is 11.0 Å². The fraction of sp³-hybridized carbons (Fsp3) is 0.440. The van der Waals surface area contributed by atoms with Crippen LogP contribution in [-0.2, 0) is 0 Å². The smallest absolute Gasteiger partial charge is 0.253 e. The lowest BCUT2D eigenvalue weighted by atomic mass is 9.95. The highest BCUT2D eigenvalue weighted by Gasteiger charge is 2.26. The summed E-state index contributed by atoms with van der Waals surface area (Å²) < 4.78 is 5.79. The summed E-state index contributed by atoms with van der Waals surface area (Å²) in [6.07, 6.45) is 6.64. The molecule has 30 heavy (non-hydrogen) atoms. The summed E-state index contributed by atoms with van der Waals surface area (Å²) in [5.41, 5.74) is 2.83. The molecule has 158 valence electrons. The first-order valence-electron chi connectivity index (χ1n) is 11.2. The standard InChI is InChI=1S/C25H31N3O2/c1-2-3-4-7-18-30-21-12-10-20(11-13-21)25(29)28-16-14-19(15-17-28)24-26-22-8-5-6-9-23(22)27-24/h5-6,8-13,19H,2-4,7,14-18H2,1H3,(H,26,27). The molecule has 2 heterocycles. The zero-order valence-electron chi connectivity index (χ0n) is 17.8. The molecule has 0 aliphatic carbocycles. The molecule has 0 radical (unpaired) electrons. The number of hydrogen-bond donors (Lipinski definition) is 1. The average molecular weight is 406 g/mol. The van der Waals surface area contributed by atoms with E-state index >= 15 is 0 Å². The van der Waals surface area contributed by atoms with Crippen molar-refractivity contribution in [2.45, 2.75) is 51.4 Å². The predicted molar refractivity (Wildman–Crippen MR) is 120 cm³/mol. The van der Waals surface area contributed by atoms with Gasteiger partial charge < -0.3 is 14.6 Å². The van der Waals surface area contributed by atoms with Crippen molar-refractivity contribution in [3.05, 3.63) is 59.9 Å². The van der Waals surface area contributed by atoms with E-state index in [4.69, 9.17) is 9.72 Å². The number of nitrogens with zero attached hydrogens (tertiary/aromatic N) is 2. The zero-order chi connectivity index (χ0) is 20.8. The molecular formula is C25H31N3O2.